The quantitative estimate of drug-likeness (QED) is 0.0638. The molecule has 3 amide bonds. The zero-order chi connectivity index (χ0) is 55.4. The van der Waals surface area contributed by atoms with Crippen LogP contribution in [-0.4, -0.2) is 57.6 Å². The average Bonchev–Trinajstić information content (AvgIpc) is 3.93. The van der Waals surface area contributed by atoms with Gasteiger partial charge in [-0.1, -0.05) is 47.5 Å². The van der Waals surface area contributed by atoms with Crippen molar-refractivity contribution < 1.29 is 80.6 Å². The second-order valence-electron chi connectivity index (χ2n) is 15.0. The number of anilines is 4. The molecule has 6 rings (SSSR count). The molecule has 2 aromatic carbocycles. The summed E-state index contributed by atoms with van der Waals surface area (Å²) in [6.45, 7) is 4.61. The maximum atomic E-state index is 14.4. The average molecular weight is 1140 g/mol. The van der Waals surface area contributed by atoms with Crippen molar-refractivity contribution in [3.63, 3.8) is 0 Å². The van der Waals surface area contributed by atoms with Gasteiger partial charge in [-0.05, 0) is 97.9 Å². The van der Waals surface area contributed by atoms with Gasteiger partial charge >= 0.3 is 36.0 Å². The van der Waals surface area contributed by atoms with Crippen LogP contribution in [0.15, 0.2) is 83.8 Å². The predicted molar refractivity (Wildman–Crippen MR) is 247 cm³/mol. The highest BCUT2D eigenvalue weighted by molar-refractivity contribution is 7.14. The number of amides is 3. The van der Waals surface area contributed by atoms with Gasteiger partial charge in [-0.15, -0.1) is 22.7 Å². The number of nitrogens with zero attached hydrogens (tertiary/aromatic N) is 2. The number of halogens is 17. The summed E-state index contributed by atoms with van der Waals surface area (Å²) in [6, 6.07) is 10.3. The number of benzene rings is 2. The largest absolute Gasteiger partial charge is 0.435 e. The second-order valence-corrected chi connectivity index (χ2v) is 17.9. The smallest absolute Gasteiger partial charge is 0.391 e. The van der Waals surface area contributed by atoms with E-state index in [4.69, 9.17) is 40.5 Å². The zero-order valence-electron chi connectivity index (χ0n) is 36.9. The zero-order valence-corrected chi connectivity index (χ0v) is 40.8. The van der Waals surface area contributed by atoms with Crippen molar-refractivity contribution in [1.29, 1.82) is 0 Å². The maximum Gasteiger partial charge on any atom is 0.435 e. The number of hydrogen-bond acceptors (Lipinski definition) is 9. The number of nitrogens with two attached hydrogens (primary N) is 1. The molecule has 4 heterocycles. The Labute approximate surface area is 425 Å². The van der Waals surface area contributed by atoms with Crippen LogP contribution < -0.4 is 21.7 Å². The first kappa shape index (κ1) is 59.5. The summed E-state index contributed by atoms with van der Waals surface area (Å²) in [5.41, 5.74) is -9.17. The molecule has 0 aliphatic heterocycles. The number of aromatic nitrogens is 2. The molecular weight excluding hydrogens is 1110 g/mol. The lowest BCUT2D eigenvalue weighted by Crippen LogP contribution is -2.50. The number of rotatable bonds is 9. The molecule has 0 spiro atoms. The van der Waals surface area contributed by atoms with E-state index in [2.05, 4.69) is 25.9 Å². The number of thiophene rings is 2. The fourth-order valence-electron chi connectivity index (χ4n) is 6.33. The van der Waals surface area contributed by atoms with Crippen LogP contribution in [0.5, 0.6) is 0 Å². The van der Waals surface area contributed by atoms with Crippen LogP contribution >= 0.6 is 57.5 Å². The molecule has 0 aliphatic rings. The molecule has 6 aromatic rings. The van der Waals surface area contributed by atoms with E-state index in [1.165, 1.54) is 67.3 Å². The summed E-state index contributed by atoms with van der Waals surface area (Å²) in [5.74, 6) is -2.00. The van der Waals surface area contributed by atoms with E-state index in [0.29, 0.717) is 29.3 Å². The summed E-state index contributed by atoms with van der Waals surface area (Å²) >= 11 is 18.6. The van der Waals surface area contributed by atoms with E-state index in [0.717, 1.165) is 36.5 Å². The number of carbonyl (C=O) groups is 4. The Morgan fingerprint density at radius 3 is 1.19 bits per heavy atom. The lowest BCUT2D eigenvalue weighted by atomic mass is 9.90. The van der Waals surface area contributed by atoms with Crippen LogP contribution in [-0.2, 0) is 11.3 Å². The van der Waals surface area contributed by atoms with Gasteiger partial charge in [0.1, 0.15) is 10.3 Å². The molecule has 0 unspecified atom stereocenters. The van der Waals surface area contributed by atoms with Crippen LogP contribution in [0.2, 0.25) is 10.3 Å². The maximum absolute atomic E-state index is 14.4. The fourth-order valence-corrected chi connectivity index (χ4v) is 8.35. The Morgan fingerprint density at radius 1 is 0.521 bits per heavy atom. The van der Waals surface area contributed by atoms with Crippen molar-refractivity contribution in [2.24, 2.45) is 0 Å². The number of nitrogens with one attached hydrogen (secondary N) is 3. The summed E-state index contributed by atoms with van der Waals surface area (Å²) in [4.78, 5) is 55.1. The number of aryl methyl sites for hydroxylation is 4. The van der Waals surface area contributed by atoms with Crippen molar-refractivity contribution in [3.8, 4) is 0 Å². The third-order valence-corrected chi connectivity index (χ3v) is 12.3. The molecule has 29 heteroatoms. The highest BCUT2D eigenvalue weighted by atomic mass is 35.5. The van der Waals surface area contributed by atoms with Gasteiger partial charge in [0.2, 0.25) is 0 Å². The molecule has 0 bridgehead atoms. The molecule has 0 saturated carbocycles. The Kier molecular flexibility index (Phi) is 18.4. The first-order chi connectivity index (χ1) is 33.5. The summed E-state index contributed by atoms with van der Waals surface area (Å²) in [6.07, 6.45) is -22.0. The van der Waals surface area contributed by atoms with Crippen LogP contribution in [0.3, 0.4) is 0 Å². The van der Waals surface area contributed by atoms with Crippen molar-refractivity contribution in [1.82, 2.24) is 9.97 Å². The standard InChI is InChI=1S/C22H15ClF7N3O2S.C16H13F7N2OS.C6H3Cl2NO/c1-10-6-13(20(24,21(25,26)27)22(28,29)30)7-11(2)16(10)33-18(34)12-8-15(36-9-12)32-19(35)14-4-3-5-31-17(14)23;1-7-3-10(14(17,15(18,19)20)16(21,22)23)4-8(2)12(7)25-13(26)9-5-11(24)27-6-9;7-5-4(6(8)10)2-1-3-9-5/h3-9H,1-2H3,(H,32,35)(H,33,34);3-6H,24H2,1-2H3,(H,25,26);1-3H. The molecule has 0 atom stereocenters. The lowest BCUT2D eigenvalue weighted by Gasteiger charge is -2.31. The SMILES string of the molecule is Cc1cc(C(F)(C(F)(F)F)C(F)(F)F)cc(C)c1NC(=O)c1csc(N)c1.Cc1cc(C(F)(C(F)(F)F)C(F)(F)F)cc(C)c1NC(=O)c1csc(NC(=O)c2cccnc2Cl)c1.O=C(Cl)c1cccnc1Cl. The van der Waals surface area contributed by atoms with E-state index >= 15 is 0 Å². The van der Waals surface area contributed by atoms with Crippen LogP contribution in [0.25, 0.3) is 0 Å². The van der Waals surface area contributed by atoms with Gasteiger partial charge in [0, 0.05) is 45.7 Å². The van der Waals surface area contributed by atoms with E-state index in [1.807, 2.05) is 0 Å². The van der Waals surface area contributed by atoms with Gasteiger partial charge in [-0.25, -0.2) is 18.7 Å². The number of alkyl halides is 14. The molecule has 0 aliphatic carbocycles. The number of nitrogen functional groups attached to an aromatic ring is 1. The molecule has 73 heavy (non-hydrogen) atoms. The van der Waals surface area contributed by atoms with E-state index < -0.39 is 70.1 Å². The third-order valence-electron chi connectivity index (χ3n) is 9.86. The minimum absolute atomic E-state index is 0.0137. The summed E-state index contributed by atoms with van der Waals surface area (Å²) < 4.78 is 185. The Balaban J connectivity index is 0.000000273. The van der Waals surface area contributed by atoms with Crippen LogP contribution in [0.4, 0.5) is 82.8 Å². The van der Waals surface area contributed by atoms with Crippen molar-refractivity contribution >= 4 is 102 Å². The highest BCUT2D eigenvalue weighted by Crippen LogP contribution is 2.55. The van der Waals surface area contributed by atoms with Gasteiger partial charge in [-0.2, -0.15) is 52.7 Å². The first-order valence-corrected chi connectivity index (χ1v) is 22.5. The highest BCUT2D eigenvalue weighted by Gasteiger charge is 2.74. The van der Waals surface area contributed by atoms with Gasteiger partial charge in [-0.3, -0.25) is 19.2 Å². The molecule has 10 nitrogen and oxygen atoms in total. The van der Waals surface area contributed by atoms with E-state index in [-0.39, 0.29) is 71.2 Å². The molecular formula is C44H31Cl3F14N6O4S2. The molecule has 0 saturated heterocycles. The van der Waals surface area contributed by atoms with E-state index in [1.54, 1.807) is 6.07 Å². The summed E-state index contributed by atoms with van der Waals surface area (Å²) in [5, 5.41) is 10.3. The minimum Gasteiger partial charge on any atom is -0.391 e. The monoisotopic (exact) mass is 1140 g/mol. The normalized spacial score (nSPS) is 12.2. The van der Waals surface area contributed by atoms with Gasteiger partial charge in [0.15, 0.2) is 0 Å². The van der Waals surface area contributed by atoms with Gasteiger partial charge < -0.3 is 21.7 Å². The van der Waals surface area contributed by atoms with Crippen molar-refractivity contribution in [2.75, 3.05) is 21.7 Å². The van der Waals surface area contributed by atoms with Crippen molar-refractivity contribution in [3.05, 3.63) is 150 Å². The lowest BCUT2D eigenvalue weighted by molar-refractivity contribution is -0.349. The van der Waals surface area contributed by atoms with E-state index in [9.17, 15) is 80.6 Å². The predicted octanol–water partition coefficient (Wildman–Crippen LogP) is 14.8. The second kappa shape index (κ2) is 22.6. The minimum atomic E-state index is -6.26. The fraction of sp³-hybridized carbons (Fsp3) is 0.227. The molecule has 0 radical (unpaired) electrons. The Hall–Kier alpha value is -6.09. The Morgan fingerprint density at radius 2 is 0.877 bits per heavy atom. The molecule has 4 aromatic heterocycles. The van der Waals surface area contributed by atoms with Crippen LogP contribution in [0.1, 0.15) is 74.8 Å². The van der Waals surface area contributed by atoms with Crippen LogP contribution in [0, 0.1) is 27.7 Å². The molecule has 5 N–H and O–H groups in total. The van der Waals surface area contributed by atoms with Crippen molar-refractivity contribution in [2.45, 2.75) is 63.7 Å². The van der Waals surface area contributed by atoms with Gasteiger partial charge in [0.05, 0.1) is 32.3 Å². The number of carbonyl (C=O) groups excluding carboxylic acids is 4. The molecule has 0 fully saturated rings. The number of hydrogen-bond donors (Lipinski definition) is 4. The number of pyridine rings is 2. The van der Waals surface area contributed by atoms with Gasteiger partial charge in [0.25, 0.3) is 23.0 Å². The Bertz CT molecular complexity index is 2960. The first-order valence-electron chi connectivity index (χ1n) is 19.6. The summed E-state index contributed by atoms with van der Waals surface area (Å²) in [7, 11) is 0. The topological polar surface area (TPSA) is 156 Å². The molecule has 392 valence electrons. The third kappa shape index (κ3) is 13.4.